The number of amides is 1. The topological polar surface area (TPSA) is 51.7 Å². The first-order valence-corrected chi connectivity index (χ1v) is 8.73. The molecule has 0 saturated carbocycles. The lowest BCUT2D eigenvalue weighted by Crippen LogP contribution is -2.36. The second-order valence-corrected chi connectivity index (χ2v) is 6.44. The smallest absolute Gasteiger partial charge is 0.410 e. The zero-order chi connectivity index (χ0) is 20.4. The van der Waals surface area contributed by atoms with Crippen LogP contribution in [0.1, 0.15) is 11.3 Å². The Morgan fingerprint density at radius 3 is 2.48 bits per heavy atom. The summed E-state index contributed by atoms with van der Waals surface area (Å²) in [5.74, 6) is 0.183. The third kappa shape index (κ3) is 4.48. The van der Waals surface area contributed by atoms with Crippen molar-refractivity contribution >= 4 is 6.09 Å². The normalized spacial score (nSPS) is 13.6. The number of pyridine rings is 1. The Labute approximate surface area is 164 Å². The van der Waals surface area contributed by atoms with Gasteiger partial charge in [-0.15, -0.1) is 13.2 Å². The van der Waals surface area contributed by atoms with Gasteiger partial charge >= 0.3 is 12.5 Å². The number of alkyl halides is 3. The number of ether oxygens (including phenoxy) is 2. The Bertz CT molecular complexity index is 1020. The molecule has 0 saturated heterocycles. The summed E-state index contributed by atoms with van der Waals surface area (Å²) < 4.78 is 46.2. The first kappa shape index (κ1) is 18.8. The van der Waals surface area contributed by atoms with E-state index < -0.39 is 12.5 Å². The highest BCUT2D eigenvalue weighted by molar-refractivity contribution is 5.75. The predicted molar refractivity (Wildman–Crippen MR) is 98.1 cm³/mol. The third-order valence-electron chi connectivity index (χ3n) is 4.38. The quantitative estimate of drug-likeness (QED) is 0.607. The zero-order valence-corrected chi connectivity index (χ0v) is 15.0. The Balaban J connectivity index is 1.54. The number of nitrogens with zero attached hydrogens (tertiary/aromatic N) is 2. The van der Waals surface area contributed by atoms with Gasteiger partial charge in [0.15, 0.2) is 0 Å². The van der Waals surface area contributed by atoms with E-state index in [2.05, 4.69) is 9.72 Å². The number of benzene rings is 2. The van der Waals surface area contributed by atoms with Crippen LogP contribution in [-0.2, 0) is 13.1 Å². The molecule has 1 amide bonds. The number of hydrogen-bond donors (Lipinski definition) is 0. The number of rotatable bonds is 4. The molecule has 4 rings (SSSR count). The van der Waals surface area contributed by atoms with Gasteiger partial charge in [0.05, 0.1) is 18.8 Å². The highest BCUT2D eigenvalue weighted by Crippen LogP contribution is 2.32. The molecule has 3 aromatic rings. The van der Waals surface area contributed by atoms with Crippen molar-refractivity contribution in [1.82, 2.24) is 9.88 Å². The molecule has 148 valence electrons. The summed E-state index contributed by atoms with van der Waals surface area (Å²) in [4.78, 5) is 18.0. The molecule has 0 unspecified atom stereocenters. The van der Waals surface area contributed by atoms with Crippen LogP contribution in [0, 0.1) is 0 Å². The fourth-order valence-corrected chi connectivity index (χ4v) is 3.07. The van der Waals surface area contributed by atoms with Crippen LogP contribution in [0.15, 0.2) is 66.9 Å². The van der Waals surface area contributed by atoms with Gasteiger partial charge in [-0.05, 0) is 47.5 Å². The second kappa shape index (κ2) is 7.46. The van der Waals surface area contributed by atoms with Crippen molar-refractivity contribution in [2.24, 2.45) is 0 Å². The summed E-state index contributed by atoms with van der Waals surface area (Å²) in [6.07, 6.45) is -3.53. The number of halogens is 3. The van der Waals surface area contributed by atoms with Crippen LogP contribution in [0.3, 0.4) is 0 Å². The lowest BCUT2D eigenvalue weighted by molar-refractivity contribution is -0.274. The molecule has 1 aliphatic heterocycles. The molecule has 5 nitrogen and oxygen atoms in total. The van der Waals surface area contributed by atoms with Gasteiger partial charge in [-0.1, -0.05) is 24.3 Å². The van der Waals surface area contributed by atoms with Crippen LogP contribution in [0.5, 0.6) is 11.5 Å². The summed E-state index contributed by atoms with van der Waals surface area (Å²) in [7, 11) is 0. The lowest BCUT2D eigenvalue weighted by atomic mass is 10.0. The maximum absolute atomic E-state index is 12.3. The van der Waals surface area contributed by atoms with Crippen molar-refractivity contribution in [2.45, 2.75) is 19.5 Å². The first-order valence-electron chi connectivity index (χ1n) is 8.73. The summed E-state index contributed by atoms with van der Waals surface area (Å²) in [6, 6.07) is 16.4. The molecule has 1 aromatic heterocycles. The van der Waals surface area contributed by atoms with Crippen LogP contribution < -0.4 is 9.47 Å². The molecule has 0 atom stereocenters. The van der Waals surface area contributed by atoms with Crippen LogP contribution in [0.4, 0.5) is 18.0 Å². The Hall–Kier alpha value is -3.55. The molecule has 0 spiro atoms. The monoisotopic (exact) mass is 400 g/mol. The Kier molecular flexibility index (Phi) is 4.84. The molecule has 0 radical (unpaired) electrons. The van der Waals surface area contributed by atoms with Crippen molar-refractivity contribution in [2.75, 3.05) is 0 Å². The average molecular weight is 400 g/mol. The minimum absolute atomic E-state index is 0.283. The fourth-order valence-electron chi connectivity index (χ4n) is 3.07. The number of carbonyl (C=O) groups excluding carboxylic acids is 1. The van der Waals surface area contributed by atoms with Crippen molar-refractivity contribution < 1.29 is 27.4 Å². The van der Waals surface area contributed by atoms with Crippen LogP contribution in [0.2, 0.25) is 0 Å². The van der Waals surface area contributed by atoms with Crippen molar-refractivity contribution in [3.63, 3.8) is 0 Å². The minimum Gasteiger partial charge on any atom is -0.410 e. The maximum Gasteiger partial charge on any atom is 0.573 e. The van der Waals surface area contributed by atoms with Crippen LogP contribution in [-0.4, -0.2) is 22.3 Å². The van der Waals surface area contributed by atoms with Gasteiger partial charge in [0, 0.05) is 11.8 Å². The molecule has 8 heteroatoms. The molecule has 0 aliphatic carbocycles. The molecule has 0 bridgehead atoms. The largest absolute Gasteiger partial charge is 0.573 e. The van der Waals surface area contributed by atoms with E-state index in [-0.39, 0.29) is 5.75 Å². The molecule has 1 aliphatic rings. The van der Waals surface area contributed by atoms with Gasteiger partial charge in [-0.25, -0.2) is 4.79 Å². The van der Waals surface area contributed by atoms with Gasteiger partial charge < -0.3 is 9.47 Å². The van der Waals surface area contributed by atoms with Gasteiger partial charge in [-0.3, -0.25) is 9.88 Å². The molecule has 2 heterocycles. The molecule has 0 N–H and O–H groups in total. The maximum atomic E-state index is 12.3. The number of carbonyl (C=O) groups is 1. The van der Waals surface area contributed by atoms with Crippen LogP contribution in [0.25, 0.3) is 11.1 Å². The number of hydrogen-bond acceptors (Lipinski definition) is 4. The van der Waals surface area contributed by atoms with Crippen LogP contribution >= 0.6 is 0 Å². The highest BCUT2D eigenvalue weighted by Gasteiger charge is 2.31. The van der Waals surface area contributed by atoms with E-state index in [0.29, 0.717) is 18.8 Å². The predicted octanol–water partition coefficient (Wildman–Crippen LogP) is 5.16. The summed E-state index contributed by atoms with van der Waals surface area (Å²) in [6.45, 7) is 0.653. The van der Waals surface area contributed by atoms with E-state index in [1.165, 1.54) is 17.0 Å². The summed E-state index contributed by atoms with van der Waals surface area (Å²) in [5, 5.41) is 0. The lowest BCUT2D eigenvalue weighted by Gasteiger charge is -2.28. The van der Waals surface area contributed by atoms with Crippen molar-refractivity contribution in [3.8, 4) is 22.6 Å². The molecule has 29 heavy (non-hydrogen) atoms. The van der Waals surface area contributed by atoms with Crippen molar-refractivity contribution in [1.29, 1.82) is 0 Å². The van der Waals surface area contributed by atoms with E-state index in [4.69, 9.17) is 4.74 Å². The van der Waals surface area contributed by atoms with Gasteiger partial charge in [0.1, 0.15) is 11.5 Å². The van der Waals surface area contributed by atoms with E-state index in [1.807, 2.05) is 18.2 Å². The van der Waals surface area contributed by atoms with E-state index in [0.717, 1.165) is 22.4 Å². The summed E-state index contributed by atoms with van der Waals surface area (Å²) >= 11 is 0. The average Bonchev–Trinajstić information content (AvgIpc) is 2.68. The Morgan fingerprint density at radius 2 is 1.79 bits per heavy atom. The van der Waals surface area contributed by atoms with Gasteiger partial charge in [0.25, 0.3) is 0 Å². The number of aromatic nitrogens is 1. The SMILES string of the molecule is O=C1Oc2ccc(-c3ccc(OC(F)(F)F)cc3)cc2CN1Cc1ccccn1. The van der Waals surface area contributed by atoms with Gasteiger partial charge in [0.2, 0.25) is 0 Å². The zero-order valence-electron chi connectivity index (χ0n) is 15.0. The molecule has 0 fully saturated rings. The first-order chi connectivity index (χ1) is 13.9. The molecular formula is C21H15F3N2O3. The fraction of sp³-hybridized carbons (Fsp3) is 0.143. The second-order valence-electron chi connectivity index (χ2n) is 6.44. The van der Waals surface area contributed by atoms with Gasteiger partial charge in [-0.2, -0.15) is 0 Å². The van der Waals surface area contributed by atoms with E-state index in [9.17, 15) is 18.0 Å². The van der Waals surface area contributed by atoms with E-state index >= 15 is 0 Å². The standard InChI is InChI=1S/C21H15F3N2O3/c22-21(23,24)29-18-7-4-14(5-8-18)15-6-9-19-16(11-15)12-26(20(27)28-19)13-17-3-1-2-10-25-17/h1-11H,12-13H2. The summed E-state index contributed by atoms with van der Waals surface area (Å²) in [5.41, 5.74) is 3.05. The van der Waals surface area contributed by atoms with Crippen molar-refractivity contribution in [3.05, 3.63) is 78.1 Å². The molecular weight excluding hydrogens is 385 g/mol. The van der Waals surface area contributed by atoms with E-state index in [1.54, 1.807) is 36.5 Å². The number of fused-ring (bicyclic) bond motifs is 1. The third-order valence-corrected chi connectivity index (χ3v) is 4.38. The highest BCUT2D eigenvalue weighted by atomic mass is 19.4. The molecule has 2 aromatic carbocycles. The Morgan fingerprint density at radius 1 is 1.03 bits per heavy atom. The minimum atomic E-state index is -4.73.